The van der Waals surface area contributed by atoms with Gasteiger partial charge in [0.15, 0.2) is 11.5 Å². The van der Waals surface area contributed by atoms with E-state index >= 15 is 0 Å². The predicted octanol–water partition coefficient (Wildman–Crippen LogP) is 5.00. The highest BCUT2D eigenvalue weighted by molar-refractivity contribution is 6.04. The van der Waals surface area contributed by atoms with Crippen molar-refractivity contribution in [3.63, 3.8) is 0 Å². The molecular formula is C23H18F2N2O4. The highest BCUT2D eigenvalue weighted by atomic mass is 19.3. The molecule has 0 saturated carbocycles. The fourth-order valence-electron chi connectivity index (χ4n) is 2.79. The Morgan fingerprint density at radius 2 is 1.87 bits per heavy atom. The first kappa shape index (κ1) is 21.6. The number of nitrogens with one attached hydrogen (secondary N) is 1. The van der Waals surface area contributed by atoms with Crippen LogP contribution < -0.4 is 19.5 Å². The molecule has 0 spiro atoms. The Morgan fingerprint density at radius 1 is 1.06 bits per heavy atom. The quantitative estimate of drug-likeness (QED) is 0.550. The average Bonchev–Trinajstić information content (AvgIpc) is 2.78. The van der Waals surface area contributed by atoms with Crippen LogP contribution in [-0.2, 0) is 6.61 Å². The van der Waals surface area contributed by atoms with Gasteiger partial charge in [0, 0.05) is 22.9 Å². The number of nitrogens with zero attached hydrogens (tertiary/aromatic N) is 1. The van der Waals surface area contributed by atoms with E-state index in [-0.39, 0.29) is 23.8 Å². The Balaban J connectivity index is 1.71. The molecule has 0 aromatic heterocycles. The number of hydrogen-bond donors (Lipinski definition) is 1. The molecule has 0 fully saturated rings. The number of hydrogen-bond acceptors (Lipinski definition) is 5. The number of nitriles is 1. The molecule has 3 aromatic carbocycles. The molecule has 8 heteroatoms. The Morgan fingerprint density at radius 3 is 2.61 bits per heavy atom. The van der Waals surface area contributed by atoms with Gasteiger partial charge < -0.3 is 19.5 Å². The van der Waals surface area contributed by atoms with Crippen LogP contribution in [0.2, 0.25) is 0 Å². The first-order valence-electron chi connectivity index (χ1n) is 9.15. The summed E-state index contributed by atoms with van der Waals surface area (Å²) in [4.78, 5) is 12.6. The number of methoxy groups -OCH3 is 1. The van der Waals surface area contributed by atoms with Crippen LogP contribution in [0.1, 0.15) is 21.5 Å². The molecule has 3 aromatic rings. The van der Waals surface area contributed by atoms with Crippen molar-refractivity contribution < 1.29 is 27.8 Å². The SMILES string of the molecule is COc1ccc(NC(=O)c2cccc(OCc3ccccc3C#N)c2)cc1OC(F)F. The van der Waals surface area contributed by atoms with Crippen LogP contribution in [-0.4, -0.2) is 19.6 Å². The third-order valence-corrected chi connectivity index (χ3v) is 4.27. The molecule has 0 bridgehead atoms. The monoisotopic (exact) mass is 424 g/mol. The van der Waals surface area contributed by atoms with Gasteiger partial charge in [-0.2, -0.15) is 14.0 Å². The summed E-state index contributed by atoms with van der Waals surface area (Å²) in [6.07, 6.45) is 0. The first-order chi connectivity index (χ1) is 15.0. The lowest BCUT2D eigenvalue weighted by molar-refractivity contribution is -0.0511. The van der Waals surface area contributed by atoms with E-state index in [0.717, 1.165) is 5.56 Å². The minimum Gasteiger partial charge on any atom is -0.493 e. The molecule has 0 aliphatic heterocycles. The maximum absolute atomic E-state index is 12.6. The van der Waals surface area contributed by atoms with Crippen molar-refractivity contribution >= 4 is 11.6 Å². The Kier molecular flexibility index (Phi) is 7.01. The molecule has 158 valence electrons. The number of rotatable bonds is 8. The molecule has 1 N–H and O–H groups in total. The largest absolute Gasteiger partial charge is 0.493 e. The minimum absolute atomic E-state index is 0.117. The number of alkyl halides is 2. The van der Waals surface area contributed by atoms with Gasteiger partial charge in [-0.15, -0.1) is 0 Å². The molecule has 0 unspecified atom stereocenters. The second kappa shape index (κ2) is 10.1. The molecule has 31 heavy (non-hydrogen) atoms. The van der Waals surface area contributed by atoms with Gasteiger partial charge in [-0.3, -0.25) is 4.79 Å². The van der Waals surface area contributed by atoms with Gasteiger partial charge in [-0.05, 0) is 36.4 Å². The van der Waals surface area contributed by atoms with Crippen LogP contribution >= 0.6 is 0 Å². The smallest absolute Gasteiger partial charge is 0.387 e. The zero-order valence-corrected chi connectivity index (χ0v) is 16.5. The van der Waals surface area contributed by atoms with E-state index in [9.17, 15) is 13.6 Å². The average molecular weight is 424 g/mol. The first-order valence-corrected chi connectivity index (χ1v) is 9.15. The number of benzene rings is 3. The molecule has 3 rings (SSSR count). The van der Waals surface area contributed by atoms with Crippen molar-refractivity contribution in [1.29, 1.82) is 5.26 Å². The van der Waals surface area contributed by atoms with E-state index in [0.29, 0.717) is 16.9 Å². The minimum atomic E-state index is -3.03. The summed E-state index contributed by atoms with van der Waals surface area (Å²) in [5, 5.41) is 11.8. The van der Waals surface area contributed by atoms with Crippen LogP contribution in [0.15, 0.2) is 66.7 Å². The van der Waals surface area contributed by atoms with Crippen molar-refractivity contribution in [3.8, 4) is 23.3 Å². The zero-order chi connectivity index (χ0) is 22.2. The molecule has 1 amide bonds. The van der Waals surface area contributed by atoms with Gasteiger partial charge in [0.05, 0.1) is 18.7 Å². The van der Waals surface area contributed by atoms with Crippen LogP contribution in [0, 0.1) is 11.3 Å². The Hall–Kier alpha value is -4.12. The second-order valence-corrected chi connectivity index (χ2v) is 6.28. The van der Waals surface area contributed by atoms with E-state index in [1.807, 2.05) is 6.07 Å². The summed E-state index contributed by atoms with van der Waals surface area (Å²) in [6, 6.07) is 19.8. The fourth-order valence-corrected chi connectivity index (χ4v) is 2.79. The topological polar surface area (TPSA) is 80.6 Å². The van der Waals surface area contributed by atoms with Crippen LogP contribution in [0.3, 0.4) is 0 Å². The summed E-state index contributed by atoms with van der Waals surface area (Å²) < 4.78 is 40.3. The molecule has 0 aliphatic rings. The number of anilines is 1. The van der Waals surface area contributed by atoms with E-state index in [1.165, 1.54) is 25.3 Å². The number of halogens is 2. The zero-order valence-electron chi connectivity index (χ0n) is 16.5. The van der Waals surface area contributed by atoms with Gasteiger partial charge in [-0.25, -0.2) is 0 Å². The van der Waals surface area contributed by atoms with Gasteiger partial charge in [-0.1, -0.05) is 24.3 Å². The Bertz CT molecular complexity index is 1110. The molecule has 0 heterocycles. The third kappa shape index (κ3) is 5.70. The summed E-state index contributed by atoms with van der Waals surface area (Å²) >= 11 is 0. The summed E-state index contributed by atoms with van der Waals surface area (Å²) in [7, 11) is 1.33. The van der Waals surface area contributed by atoms with Crippen LogP contribution in [0.25, 0.3) is 0 Å². The summed E-state index contributed by atoms with van der Waals surface area (Å²) in [5.74, 6) is -0.0947. The highest BCUT2D eigenvalue weighted by Gasteiger charge is 2.14. The standard InChI is InChI=1S/C23H18F2N2O4/c1-29-20-10-9-18(12-21(20)31-23(24)25)27-22(28)15-7-4-8-19(11-15)30-14-17-6-3-2-5-16(17)13-26/h2-12,23H,14H2,1H3,(H,27,28). The molecule has 0 radical (unpaired) electrons. The maximum atomic E-state index is 12.6. The van der Waals surface area contributed by atoms with E-state index in [1.54, 1.807) is 42.5 Å². The molecule has 0 aliphatic carbocycles. The van der Waals surface area contributed by atoms with Crippen molar-refractivity contribution in [1.82, 2.24) is 0 Å². The van der Waals surface area contributed by atoms with Crippen molar-refractivity contribution in [3.05, 3.63) is 83.4 Å². The van der Waals surface area contributed by atoms with Crippen molar-refractivity contribution in [2.45, 2.75) is 13.2 Å². The number of carbonyl (C=O) groups excluding carboxylic acids is 1. The lowest BCUT2D eigenvalue weighted by Gasteiger charge is -2.13. The van der Waals surface area contributed by atoms with Gasteiger partial charge in [0.1, 0.15) is 12.4 Å². The van der Waals surface area contributed by atoms with Gasteiger partial charge in [0.2, 0.25) is 0 Å². The maximum Gasteiger partial charge on any atom is 0.387 e. The lowest BCUT2D eigenvalue weighted by atomic mass is 10.1. The second-order valence-electron chi connectivity index (χ2n) is 6.28. The molecule has 0 saturated heterocycles. The summed E-state index contributed by atoms with van der Waals surface area (Å²) in [5.41, 5.74) is 1.80. The number of carbonyl (C=O) groups is 1. The van der Waals surface area contributed by atoms with E-state index in [4.69, 9.17) is 14.7 Å². The summed E-state index contributed by atoms with van der Waals surface area (Å²) in [6.45, 7) is -2.86. The molecule has 0 atom stereocenters. The fraction of sp³-hybridized carbons (Fsp3) is 0.130. The molecular weight excluding hydrogens is 406 g/mol. The van der Waals surface area contributed by atoms with Crippen LogP contribution in [0.4, 0.5) is 14.5 Å². The predicted molar refractivity (Wildman–Crippen MR) is 110 cm³/mol. The van der Waals surface area contributed by atoms with Crippen molar-refractivity contribution in [2.24, 2.45) is 0 Å². The normalized spacial score (nSPS) is 10.3. The van der Waals surface area contributed by atoms with E-state index in [2.05, 4.69) is 16.1 Å². The highest BCUT2D eigenvalue weighted by Crippen LogP contribution is 2.31. The van der Waals surface area contributed by atoms with Crippen molar-refractivity contribution in [2.75, 3.05) is 12.4 Å². The van der Waals surface area contributed by atoms with Crippen LogP contribution in [0.5, 0.6) is 17.2 Å². The van der Waals surface area contributed by atoms with Gasteiger partial charge in [0.25, 0.3) is 5.91 Å². The van der Waals surface area contributed by atoms with Gasteiger partial charge >= 0.3 is 6.61 Å². The third-order valence-electron chi connectivity index (χ3n) is 4.27. The Labute approximate surface area is 177 Å². The number of ether oxygens (including phenoxy) is 3. The van der Waals surface area contributed by atoms with E-state index < -0.39 is 12.5 Å². The number of amides is 1. The molecule has 6 nitrogen and oxygen atoms in total. The lowest BCUT2D eigenvalue weighted by Crippen LogP contribution is -2.12.